The Labute approximate surface area is 223 Å². The van der Waals surface area contributed by atoms with Gasteiger partial charge in [0.05, 0.1) is 11.6 Å². The summed E-state index contributed by atoms with van der Waals surface area (Å²) < 4.78 is 5.65. The number of hydrogen-bond acceptors (Lipinski definition) is 5. The molecular formula is C29H33ClN4O3. The van der Waals surface area contributed by atoms with Gasteiger partial charge in [0.2, 0.25) is 5.76 Å². The van der Waals surface area contributed by atoms with Gasteiger partial charge in [0.1, 0.15) is 5.58 Å². The molecular weight excluding hydrogens is 488 g/mol. The number of aryl methyl sites for hydroxylation is 2. The minimum absolute atomic E-state index is 0. The van der Waals surface area contributed by atoms with Gasteiger partial charge in [-0.05, 0) is 74.2 Å². The number of nitrogens with zero attached hydrogens (tertiary/aromatic N) is 3. The zero-order chi connectivity index (χ0) is 25.1. The minimum Gasteiger partial charge on any atom is -0.475 e. The van der Waals surface area contributed by atoms with E-state index in [9.17, 15) is 15.2 Å². The monoisotopic (exact) mass is 520 g/mol. The maximum atomic E-state index is 11.6. The van der Waals surface area contributed by atoms with Crippen molar-refractivity contribution in [2.75, 3.05) is 37.6 Å². The van der Waals surface area contributed by atoms with Crippen LogP contribution in [0.1, 0.15) is 53.4 Å². The van der Waals surface area contributed by atoms with Crippen LogP contribution >= 0.6 is 12.4 Å². The highest BCUT2D eigenvalue weighted by atomic mass is 35.5. The first-order valence-corrected chi connectivity index (χ1v) is 12.8. The molecule has 0 atom stereocenters. The number of rotatable bonds is 9. The number of piperazine rings is 1. The molecule has 1 saturated heterocycles. The number of halogens is 1. The van der Waals surface area contributed by atoms with Gasteiger partial charge >= 0.3 is 5.97 Å². The number of fused-ring (bicyclic) bond motifs is 2. The van der Waals surface area contributed by atoms with E-state index in [2.05, 4.69) is 40.0 Å². The molecule has 4 aromatic rings. The third-order valence-electron chi connectivity index (χ3n) is 7.27. The lowest BCUT2D eigenvalue weighted by atomic mass is 10.0. The number of furan rings is 1. The summed E-state index contributed by atoms with van der Waals surface area (Å²) in [4.78, 5) is 19.9. The second-order valence-corrected chi connectivity index (χ2v) is 9.62. The number of carboxylic acids is 1. The van der Waals surface area contributed by atoms with Crippen molar-refractivity contribution < 1.29 is 14.3 Å². The van der Waals surface area contributed by atoms with Crippen molar-refractivity contribution >= 4 is 45.9 Å². The molecule has 8 heteroatoms. The fourth-order valence-electron chi connectivity index (χ4n) is 5.34. The number of anilines is 1. The van der Waals surface area contributed by atoms with Crippen molar-refractivity contribution in [3.05, 3.63) is 65.0 Å². The highest BCUT2D eigenvalue weighted by Crippen LogP contribution is 2.31. The van der Waals surface area contributed by atoms with Crippen LogP contribution in [0.25, 0.3) is 21.9 Å². The highest BCUT2D eigenvalue weighted by molar-refractivity contribution is 5.96. The van der Waals surface area contributed by atoms with Gasteiger partial charge in [0.25, 0.3) is 0 Å². The molecule has 0 amide bonds. The van der Waals surface area contributed by atoms with Crippen molar-refractivity contribution in [1.82, 2.24) is 9.88 Å². The number of aromatic nitrogens is 1. The third kappa shape index (κ3) is 5.61. The van der Waals surface area contributed by atoms with Crippen LogP contribution in [-0.2, 0) is 12.8 Å². The van der Waals surface area contributed by atoms with E-state index >= 15 is 0 Å². The summed E-state index contributed by atoms with van der Waals surface area (Å²) in [6, 6.07) is 14.1. The van der Waals surface area contributed by atoms with Gasteiger partial charge in [-0.25, -0.2) is 4.79 Å². The average molecular weight is 521 g/mol. The molecule has 2 aromatic heterocycles. The van der Waals surface area contributed by atoms with Crippen LogP contribution in [0, 0.1) is 11.3 Å². The van der Waals surface area contributed by atoms with E-state index in [0.717, 1.165) is 85.9 Å². The van der Waals surface area contributed by atoms with E-state index in [0.29, 0.717) is 17.6 Å². The number of H-pyrrole nitrogens is 1. The van der Waals surface area contributed by atoms with Crippen molar-refractivity contribution in [3.8, 4) is 6.07 Å². The Kier molecular flexibility index (Phi) is 8.42. The Balaban J connectivity index is 0.00000320. The zero-order valence-corrected chi connectivity index (χ0v) is 21.9. The van der Waals surface area contributed by atoms with E-state index in [1.165, 1.54) is 5.56 Å². The Hall–Kier alpha value is -3.47. The summed E-state index contributed by atoms with van der Waals surface area (Å²) in [5, 5.41) is 20.8. The van der Waals surface area contributed by atoms with Gasteiger partial charge < -0.3 is 19.4 Å². The van der Waals surface area contributed by atoms with Crippen molar-refractivity contribution in [2.24, 2.45) is 0 Å². The summed E-state index contributed by atoms with van der Waals surface area (Å²) in [6.45, 7) is 7.09. The maximum absolute atomic E-state index is 11.6. The maximum Gasteiger partial charge on any atom is 0.372 e. The molecule has 2 aromatic carbocycles. The summed E-state index contributed by atoms with van der Waals surface area (Å²) in [5.41, 5.74) is 5.67. The van der Waals surface area contributed by atoms with Crippen LogP contribution in [0.5, 0.6) is 0 Å². The zero-order valence-electron chi connectivity index (χ0n) is 21.1. The smallest absolute Gasteiger partial charge is 0.372 e. The van der Waals surface area contributed by atoms with Gasteiger partial charge in [-0.2, -0.15) is 5.26 Å². The molecule has 7 nitrogen and oxygen atoms in total. The van der Waals surface area contributed by atoms with Crippen molar-refractivity contribution in [3.63, 3.8) is 0 Å². The molecule has 0 bridgehead atoms. The number of aromatic carboxylic acids is 1. The van der Waals surface area contributed by atoms with Crippen LogP contribution < -0.4 is 4.90 Å². The van der Waals surface area contributed by atoms with E-state index in [1.54, 1.807) is 0 Å². The van der Waals surface area contributed by atoms with Crippen molar-refractivity contribution in [2.45, 2.75) is 39.0 Å². The number of carboxylic acid groups (broad SMARTS) is 1. The number of nitrogens with one attached hydrogen (secondary N) is 1. The Morgan fingerprint density at radius 3 is 2.62 bits per heavy atom. The third-order valence-corrected chi connectivity index (χ3v) is 7.27. The van der Waals surface area contributed by atoms with Gasteiger partial charge in [-0.15, -0.1) is 12.4 Å². The number of benzene rings is 2. The molecule has 5 rings (SSSR count). The minimum atomic E-state index is -0.999. The van der Waals surface area contributed by atoms with E-state index in [-0.39, 0.29) is 18.2 Å². The Bertz CT molecular complexity index is 1430. The predicted molar refractivity (Wildman–Crippen MR) is 149 cm³/mol. The highest BCUT2D eigenvalue weighted by Gasteiger charge is 2.22. The largest absolute Gasteiger partial charge is 0.475 e. The number of nitriles is 1. The Morgan fingerprint density at radius 1 is 1.08 bits per heavy atom. The van der Waals surface area contributed by atoms with Crippen molar-refractivity contribution in [1.29, 1.82) is 5.26 Å². The molecule has 2 N–H and O–H groups in total. The summed E-state index contributed by atoms with van der Waals surface area (Å²) in [7, 11) is 0. The summed E-state index contributed by atoms with van der Waals surface area (Å²) >= 11 is 0. The summed E-state index contributed by atoms with van der Waals surface area (Å²) in [6.07, 6.45) is 6.92. The molecule has 0 unspecified atom stereocenters. The number of hydrogen-bond donors (Lipinski definition) is 2. The first kappa shape index (κ1) is 26.6. The second-order valence-electron chi connectivity index (χ2n) is 9.62. The lowest BCUT2D eigenvalue weighted by Crippen LogP contribution is -2.46. The standard InChI is InChI=1S/C29H32N4O3.ClH/c1-2-5-23-25-17-22(8-10-27(25)36-28(23)29(34)35)33-14-12-32(13-15-33)11-4-3-6-21-19-31-26-9-7-20(18-30)16-24(21)26;/h7-10,16-17,19,31H,2-6,11-15H2,1H3,(H,34,35);1H. The van der Waals surface area contributed by atoms with Gasteiger partial charge in [-0.3, -0.25) is 4.90 Å². The Morgan fingerprint density at radius 2 is 1.89 bits per heavy atom. The SMILES string of the molecule is CCCc1c(C(=O)O)oc2ccc(N3CCN(CCCCc4c[nH]c5ccc(C#N)cc45)CC3)cc12.Cl. The summed E-state index contributed by atoms with van der Waals surface area (Å²) in [5.74, 6) is -0.923. The van der Waals surface area contributed by atoms with Crippen LogP contribution in [-0.4, -0.2) is 53.7 Å². The lowest BCUT2D eigenvalue weighted by molar-refractivity contribution is 0.0663. The van der Waals surface area contributed by atoms with E-state index in [4.69, 9.17) is 4.42 Å². The van der Waals surface area contributed by atoms with E-state index < -0.39 is 5.97 Å². The average Bonchev–Trinajstić information content (AvgIpc) is 3.48. The molecule has 3 heterocycles. The number of unbranched alkanes of at least 4 members (excludes halogenated alkanes) is 1. The molecule has 1 aliphatic rings. The fraction of sp³-hybridized carbons (Fsp3) is 0.379. The normalized spacial score (nSPS) is 14.1. The molecule has 1 fully saturated rings. The molecule has 37 heavy (non-hydrogen) atoms. The van der Waals surface area contributed by atoms with Crippen LogP contribution in [0.3, 0.4) is 0 Å². The predicted octanol–water partition coefficient (Wildman–Crippen LogP) is 6.00. The molecule has 0 saturated carbocycles. The van der Waals surface area contributed by atoms with Gasteiger partial charge in [-0.1, -0.05) is 13.3 Å². The second kappa shape index (κ2) is 11.7. The fourth-order valence-corrected chi connectivity index (χ4v) is 5.34. The molecule has 0 spiro atoms. The lowest BCUT2D eigenvalue weighted by Gasteiger charge is -2.36. The molecule has 0 radical (unpaired) electrons. The van der Waals surface area contributed by atoms with Gasteiger partial charge in [0.15, 0.2) is 0 Å². The topological polar surface area (TPSA) is 96.5 Å². The molecule has 194 valence electrons. The molecule has 1 aliphatic heterocycles. The quantitative estimate of drug-likeness (QED) is 0.263. The number of aromatic amines is 1. The van der Waals surface area contributed by atoms with E-state index in [1.807, 2.05) is 30.3 Å². The first-order chi connectivity index (χ1) is 17.6. The van der Waals surface area contributed by atoms with Gasteiger partial charge in [0, 0.05) is 59.9 Å². The van der Waals surface area contributed by atoms with Crippen LogP contribution in [0.4, 0.5) is 5.69 Å². The first-order valence-electron chi connectivity index (χ1n) is 12.8. The van der Waals surface area contributed by atoms with Crippen LogP contribution in [0.2, 0.25) is 0 Å². The van der Waals surface area contributed by atoms with Crippen LogP contribution in [0.15, 0.2) is 47.0 Å². The number of carbonyl (C=O) groups is 1. The molecule has 0 aliphatic carbocycles.